The first-order valence-corrected chi connectivity index (χ1v) is 4.69. The second-order valence-corrected chi connectivity index (χ2v) is 3.38. The minimum absolute atomic E-state index is 0.258. The summed E-state index contributed by atoms with van der Waals surface area (Å²) in [4.78, 5) is 10.6. The van der Waals surface area contributed by atoms with Crippen molar-refractivity contribution in [3.8, 4) is 0 Å². The lowest BCUT2D eigenvalue weighted by molar-refractivity contribution is -0.131. The maximum absolute atomic E-state index is 10.6. The van der Waals surface area contributed by atoms with E-state index in [1.807, 2.05) is 0 Å². The Kier molecular flexibility index (Phi) is 4.34. The van der Waals surface area contributed by atoms with E-state index < -0.39 is 5.97 Å². The van der Waals surface area contributed by atoms with Crippen LogP contribution in [0.1, 0.15) is 5.56 Å². The molecule has 0 aromatic heterocycles. The summed E-state index contributed by atoms with van der Waals surface area (Å²) in [5, 5.41) is 9.28. The number of ether oxygens (including phenoxy) is 1. The van der Waals surface area contributed by atoms with Crippen molar-refractivity contribution in [2.45, 2.75) is 0 Å². The van der Waals surface area contributed by atoms with Crippen molar-refractivity contribution < 1.29 is 14.6 Å². The highest BCUT2D eigenvalue weighted by Gasteiger charge is 2.03. The van der Waals surface area contributed by atoms with Gasteiger partial charge in [-0.2, -0.15) is 0 Å². The van der Waals surface area contributed by atoms with Crippen molar-refractivity contribution in [3.05, 3.63) is 40.9 Å². The van der Waals surface area contributed by atoms with E-state index in [-0.39, 0.29) is 6.61 Å². The van der Waals surface area contributed by atoms with Crippen molar-refractivity contribution >= 4 is 23.1 Å². The highest BCUT2D eigenvalue weighted by atomic mass is 35.5. The van der Waals surface area contributed by atoms with E-state index in [0.717, 1.165) is 11.6 Å². The van der Waals surface area contributed by atoms with Crippen LogP contribution in [0.4, 0.5) is 0 Å². The molecular formula is C11H11ClO3. The molecule has 3 nitrogen and oxygen atoms in total. The van der Waals surface area contributed by atoms with E-state index >= 15 is 0 Å². The Hall–Kier alpha value is -1.32. The number of hydrogen-bond acceptors (Lipinski definition) is 2. The van der Waals surface area contributed by atoms with Crippen LogP contribution < -0.4 is 0 Å². The van der Waals surface area contributed by atoms with Crippen LogP contribution in [-0.4, -0.2) is 24.8 Å². The Bertz CT molecular complexity index is 368. The van der Waals surface area contributed by atoms with Gasteiger partial charge in [-0.3, -0.25) is 0 Å². The molecule has 0 aliphatic rings. The van der Waals surface area contributed by atoms with Gasteiger partial charge in [0.2, 0.25) is 0 Å². The number of aliphatic carboxylic acids is 1. The lowest BCUT2D eigenvalue weighted by Crippen LogP contribution is -1.98. The number of benzene rings is 1. The first kappa shape index (κ1) is 11.8. The highest BCUT2D eigenvalue weighted by molar-refractivity contribution is 6.30. The number of carbonyl (C=O) groups is 1. The molecule has 0 saturated carbocycles. The molecule has 0 bridgehead atoms. The summed E-state index contributed by atoms with van der Waals surface area (Å²) in [6.45, 7) is 0.258. The molecule has 1 N–H and O–H groups in total. The summed E-state index contributed by atoms with van der Waals surface area (Å²) in [7, 11) is 1.52. The lowest BCUT2D eigenvalue weighted by atomic mass is 10.1. The molecule has 0 saturated heterocycles. The average Bonchev–Trinajstić information content (AvgIpc) is 2.17. The van der Waals surface area contributed by atoms with Gasteiger partial charge in [0.15, 0.2) is 0 Å². The molecule has 0 heterocycles. The van der Waals surface area contributed by atoms with Crippen LogP contribution in [0.25, 0.3) is 5.57 Å². The third kappa shape index (κ3) is 3.73. The first-order chi connectivity index (χ1) is 7.13. The summed E-state index contributed by atoms with van der Waals surface area (Å²) >= 11 is 5.73. The SMILES string of the molecule is COC/C(=C\C(=O)O)c1ccc(Cl)cc1. The zero-order valence-corrected chi connectivity index (χ0v) is 8.99. The molecule has 1 aromatic rings. The standard InChI is InChI=1S/C11H11ClO3/c1-15-7-9(6-11(13)14)8-2-4-10(12)5-3-8/h2-6H,7H2,1H3,(H,13,14)/b9-6+. The van der Waals surface area contributed by atoms with Gasteiger partial charge in [-0.25, -0.2) is 4.79 Å². The molecule has 1 rings (SSSR count). The van der Waals surface area contributed by atoms with Gasteiger partial charge in [0.25, 0.3) is 0 Å². The lowest BCUT2D eigenvalue weighted by Gasteiger charge is -2.05. The minimum Gasteiger partial charge on any atom is -0.478 e. The van der Waals surface area contributed by atoms with Crippen LogP contribution in [0, 0.1) is 0 Å². The zero-order valence-electron chi connectivity index (χ0n) is 8.24. The first-order valence-electron chi connectivity index (χ1n) is 4.32. The molecule has 0 spiro atoms. The van der Waals surface area contributed by atoms with Crippen molar-refractivity contribution in [3.63, 3.8) is 0 Å². The summed E-state index contributed by atoms with van der Waals surface area (Å²) < 4.78 is 4.92. The third-order valence-corrected chi connectivity index (χ3v) is 2.06. The highest BCUT2D eigenvalue weighted by Crippen LogP contribution is 2.17. The van der Waals surface area contributed by atoms with E-state index in [1.165, 1.54) is 7.11 Å². The molecule has 4 heteroatoms. The van der Waals surface area contributed by atoms with Gasteiger partial charge >= 0.3 is 5.97 Å². The molecule has 0 aliphatic carbocycles. The molecule has 0 fully saturated rings. The van der Waals surface area contributed by atoms with Gasteiger partial charge in [-0.05, 0) is 23.3 Å². The summed E-state index contributed by atoms with van der Waals surface area (Å²) in [5.74, 6) is -0.989. The smallest absolute Gasteiger partial charge is 0.328 e. The number of hydrogen-bond donors (Lipinski definition) is 1. The van der Waals surface area contributed by atoms with Gasteiger partial charge in [-0.15, -0.1) is 0 Å². The quantitative estimate of drug-likeness (QED) is 0.803. The van der Waals surface area contributed by atoms with Crippen LogP contribution in [0.2, 0.25) is 5.02 Å². The fourth-order valence-electron chi connectivity index (χ4n) is 1.18. The second-order valence-electron chi connectivity index (χ2n) is 2.95. The van der Waals surface area contributed by atoms with Gasteiger partial charge in [0.1, 0.15) is 0 Å². The largest absolute Gasteiger partial charge is 0.478 e. The fraction of sp³-hybridized carbons (Fsp3) is 0.182. The van der Waals surface area contributed by atoms with Crippen LogP contribution in [-0.2, 0) is 9.53 Å². The molecule has 80 valence electrons. The Morgan fingerprint density at radius 2 is 2.07 bits per heavy atom. The number of rotatable bonds is 4. The maximum Gasteiger partial charge on any atom is 0.328 e. The Morgan fingerprint density at radius 1 is 1.47 bits per heavy atom. The summed E-state index contributed by atoms with van der Waals surface area (Å²) in [6, 6.07) is 6.94. The predicted octanol–water partition coefficient (Wildman–Crippen LogP) is 2.45. The topological polar surface area (TPSA) is 46.5 Å². The van der Waals surface area contributed by atoms with Crippen LogP contribution in [0.15, 0.2) is 30.3 Å². The molecular weight excluding hydrogens is 216 g/mol. The Balaban J connectivity index is 2.99. The number of methoxy groups -OCH3 is 1. The monoisotopic (exact) mass is 226 g/mol. The molecule has 0 unspecified atom stereocenters. The van der Waals surface area contributed by atoms with E-state index in [2.05, 4.69) is 0 Å². The summed E-state index contributed by atoms with van der Waals surface area (Å²) in [5.41, 5.74) is 1.41. The number of carboxylic acids is 1. The Labute approximate surface area is 92.9 Å². The maximum atomic E-state index is 10.6. The van der Waals surface area contributed by atoms with E-state index in [1.54, 1.807) is 24.3 Å². The Morgan fingerprint density at radius 3 is 2.53 bits per heavy atom. The van der Waals surface area contributed by atoms with Gasteiger partial charge in [-0.1, -0.05) is 23.7 Å². The van der Waals surface area contributed by atoms with E-state index in [4.69, 9.17) is 21.4 Å². The van der Waals surface area contributed by atoms with Gasteiger partial charge in [0.05, 0.1) is 6.61 Å². The van der Waals surface area contributed by atoms with Crippen molar-refractivity contribution in [2.75, 3.05) is 13.7 Å². The molecule has 0 radical (unpaired) electrons. The molecule has 0 atom stereocenters. The van der Waals surface area contributed by atoms with Crippen molar-refractivity contribution in [1.82, 2.24) is 0 Å². The minimum atomic E-state index is -0.989. The molecule has 0 aliphatic heterocycles. The number of carboxylic acid groups (broad SMARTS) is 1. The third-order valence-electron chi connectivity index (χ3n) is 1.81. The normalized spacial score (nSPS) is 11.5. The van der Waals surface area contributed by atoms with Gasteiger partial charge in [0, 0.05) is 18.2 Å². The van der Waals surface area contributed by atoms with E-state index in [9.17, 15) is 4.79 Å². The van der Waals surface area contributed by atoms with Crippen molar-refractivity contribution in [2.24, 2.45) is 0 Å². The molecule has 0 amide bonds. The van der Waals surface area contributed by atoms with Crippen LogP contribution in [0.3, 0.4) is 0 Å². The zero-order chi connectivity index (χ0) is 11.3. The average molecular weight is 227 g/mol. The fourth-order valence-corrected chi connectivity index (χ4v) is 1.30. The van der Waals surface area contributed by atoms with Crippen LogP contribution >= 0.6 is 11.6 Å². The van der Waals surface area contributed by atoms with Crippen LogP contribution in [0.5, 0.6) is 0 Å². The molecule has 15 heavy (non-hydrogen) atoms. The second kappa shape index (κ2) is 5.53. The van der Waals surface area contributed by atoms with Crippen molar-refractivity contribution in [1.29, 1.82) is 0 Å². The predicted molar refractivity (Wildman–Crippen MR) is 58.9 cm³/mol. The number of halogens is 1. The molecule has 1 aromatic carbocycles. The summed E-state index contributed by atoms with van der Waals surface area (Å²) in [6.07, 6.45) is 1.13. The van der Waals surface area contributed by atoms with E-state index in [0.29, 0.717) is 10.6 Å². The van der Waals surface area contributed by atoms with Gasteiger partial charge < -0.3 is 9.84 Å².